The van der Waals surface area contributed by atoms with Gasteiger partial charge >= 0.3 is 0 Å². The Morgan fingerprint density at radius 3 is 2.70 bits per heavy atom. The number of imidazole rings is 1. The van der Waals surface area contributed by atoms with Crippen LogP contribution in [0, 0.1) is 6.92 Å². The average Bonchev–Trinajstić information content (AvgIpc) is 3.17. The summed E-state index contributed by atoms with van der Waals surface area (Å²) in [6, 6.07) is 6.93. The van der Waals surface area contributed by atoms with E-state index in [1.165, 1.54) is 0 Å². The normalized spacial score (nSPS) is 10.7. The molecule has 4 aromatic rings. The minimum atomic E-state index is 0. The molecule has 0 saturated heterocycles. The zero-order valence-corrected chi connectivity index (χ0v) is 15.4. The molecule has 0 spiro atoms. The zero-order valence-electron chi connectivity index (χ0n) is 12.1. The number of phenolic OH excluding ortho intramolecular Hbond substituents is 1. The van der Waals surface area contributed by atoms with Crippen molar-refractivity contribution in [3.8, 4) is 17.1 Å². The molecule has 0 aliphatic rings. The van der Waals surface area contributed by atoms with Crippen LogP contribution in [0.4, 0.5) is 10.8 Å². The maximum absolute atomic E-state index is 9.31. The van der Waals surface area contributed by atoms with Crippen LogP contribution in [0.25, 0.3) is 16.3 Å². The molecule has 3 heterocycles. The fourth-order valence-electron chi connectivity index (χ4n) is 2.31. The molecule has 0 aliphatic heterocycles. The van der Waals surface area contributed by atoms with Crippen LogP contribution in [0.1, 0.15) is 5.69 Å². The van der Waals surface area contributed by atoms with Crippen molar-refractivity contribution in [3.05, 3.63) is 46.9 Å². The van der Waals surface area contributed by atoms with E-state index in [2.05, 4.69) is 19.7 Å². The van der Waals surface area contributed by atoms with Crippen molar-refractivity contribution < 1.29 is 5.11 Å². The molecule has 0 aliphatic carbocycles. The summed E-state index contributed by atoms with van der Waals surface area (Å²) in [5.41, 5.74) is 3.82. The van der Waals surface area contributed by atoms with Gasteiger partial charge in [-0.1, -0.05) is 0 Å². The molecule has 118 valence electrons. The third kappa shape index (κ3) is 2.97. The van der Waals surface area contributed by atoms with Crippen molar-refractivity contribution in [2.75, 3.05) is 5.32 Å². The zero-order chi connectivity index (χ0) is 15.1. The number of rotatable bonds is 3. The minimum Gasteiger partial charge on any atom is -0.508 e. The molecule has 4 rings (SSSR count). The van der Waals surface area contributed by atoms with Gasteiger partial charge in [-0.05, 0) is 31.2 Å². The second-order valence-corrected chi connectivity index (χ2v) is 6.54. The van der Waals surface area contributed by atoms with E-state index in [0.717, 1.165) is 32.9 Å². The molecule has 23 heavy (non-hydrogen) atoms. The van der Waals surface area contributed by atoms with Crippen LogP contribution in [0.5, 0.6) is 5.75 Å². The second kappa shape index (κ2) is 6.31. The number of hydrogen-bond donors (Lipinski definition) is 2. The number of anilines is 2. The van der Waals surface area contributed by atoms with E-state index in [9.17, 15) is 5.11 Å². The Hall–Kier alpha value is -1.90. The number of benzene rings is 1. The average molecular weight is 409 g/mol. The summed E-state index contributed by atoms with van der Waals surface area (Å²) in [5.74, 6) is 0.250. The smallest absolute Gasteiger partial charge is 0.194 e. The molecule has 0 saturated carbocycles. The van der Waals surface area contributed by atoms with Crippen molar-refractivity contribution >= 4 is 55.4 Å². The van der Waals surface area contributed by atoms with Crippen LogP contribution in [0.15, 0.2) is 41.2 Å². The van der Waals surface area contributed by atoms with E-state index >= 15 is 0 Å². The SMILES string of the molecule is Br.Cc1nc2sccn2c1-c1csc(Nc2ccc(O)cc2)n1. The topological polar surface area (TPSA) is 62.5 Å². The number of nitrogens with one attached hydrogen (secondary N) is 1. The first-order valence-electron chi connectivity index (χ1n) is 6.65. The first kappa shape index (κ1) is 16.0. The lowest BCUT2D eigenvalue weighted by Gasteiger charge is -2.02. The number of hydrogen-bond acceptors (Lipinski definition) is 6. The number of halogens is 1. The number of fused-ring (bicyclic) bond motifs is 1. The second-order valence-electron chi connectivity index (χ2n) is 4.81. The molecule has 0 radical (unpaired) electrons. The van der Waals surface area contributed by atoms with Gasteiger partial charge in [-0.3, -0.25) is 4.40 Å². The summed E-state index contributed by atoms with van der Waals surface area (Å²) in [6.07, 6.45) is 2.02. The highest BCUT2D eigenvalue weighted by molar-refractivity contribution is 8.93. The summed E-state index contributed by atoms with van der Waals surface area (Å²) in [7, 11) is 0. The first-order chi connectivity index (χ1) is 10.7. The van der Waals surface area contributed by atoms with Crippen molar-refractivity contribution in [2.45, 2.75) is 6.92 Å². The standard InChI is InChI=1S/C15H12N4OS2.BrH/c1-9-13(19-6-7-21-15(19)16-9)12-8-22-14(18-12)17-10-2-4-11(20)5-3-10;/h2-8,20H,1H3,(H,17,18);1H. The van der Waals surface area contributed by atoms with Crippen molar-refractivity contribution in [2.24, 2.45) is 0 Å². The van der Waals surface area contributed by atoms with E-state index in [4.69, 9.17) is 0 Å². The summed E-state index contributed by atoms with van der Waals surface area (Å²) >= 11 is 3.16. The van der Waals surface area contributed by atoms with Crippen LogP contribution in [-0.4, -0.2) is 19.5 Å². The van der Waals surface area contributed by atoms with Crippen molar-refractivity contribution in [3.63, 3.8) is 0 Å². The van der Waals surface area contributed by atoms with E-state index in [1.54, 1.807) is 34.8 Å². The highest BCUT2D eigenvalue weighted by atomic mass is 79.9. The Morgan fingerprint density at radius 1 is 1.13 bits per heavy atom. The highest BCUT2D eigenvalue weighted by Crippen LogP contribution is 2.31. The first-order valence-corrected chi connectivity index (χ1v) is 8.41. The molecule has 0 atom stereocenters. The lowest BCUT2D eigenvalue weighted by atomic mass is 10.3. The predicted octanol–water partition coefficient (Wildman–Crippen LogP) is 4.85. The molecule has 0 amide bonds. The quantitative estimate of drug-likeness (QED) is 0.475. The number of aryl methyl sites for hydroxylation is 1. The van der Waals surface area contributed by atoms with E-state index in [-0.39, 0.29) is 22.7 Å². The van der Waals surface area contributed by atoms with Gasteiger partial charge in [-0.25, -0.2) is 9.97 Å². The molecule has 1 aromatic carbocycles. The summed E-state index contributed by atoms with van der Waals surface area (Å²) in [4.78, 5) is 10.2. The van der Waals surface area contributed by atoms with Gasteiger partial charge in [0.1, 0.15) is 11.4 Å². The molecule has 0 bridgehead atoms. The van der Waals surface area contributed by atoms with Gasteiger partial charge in [0.05, 0.1) is 11.4 Å². The van der Waals surface area contributed by atoms with Gasteiger partial charge in [-0.15, -0.1) is 39.7 Å². The van der Waals surface area contributed by atoms with Crippen LogP contribution >= 0.6 is 39.7 Å². The highest BCUT2D eigenvalue weighted by Gasteiger charge is 2.14. The van der Waals surface area contributed by atoms with Crippen LogP contribution in [-0.2, 0) is 0 Å². The Morgan fingerprint density at radius 2 is 1.91 bits per heavy atom. The summed E-state index contributed by atoms with van der Waals surface area (Å²) in [5, 5.41) is 17.4. The lowest BCUT2D eigenvalue weighted by molar-refractivity contribution is 0.475. The van der Waals surface area contributed by atoms with Gasteiger partial charge in [-0.2, -0.15) is 0 Å². The Labute approximate surface area is 151 Å². The molecule has 2 N–H and O–H groups in total. The molecular weight excluding hydrogens is 396 g/mol. The Bertz CT molecular complexity index is 942. The molecule has 3 aromatic heterocycles. The predicted molar refractivity (Wildman–Crippen MR) is 101 cm³/mol. The number of aromatic hydroxyl groups is 1. The van der Waals surface area contributed by atoms with Crippen LogP contribution < -0.4 is 5.32 Å². The molecule has 0 unspecified atom stereocenters. The molecular formula is C15H13BrN4OS2. The maximum Gasteiger partial charge on any atom is 0.194 e. The third-order valence-corrected chi connectivity index (χ3v) is 4.82. The fraction of sp³-hybridized carbons (Fsp3) is 0.0667. The lowest BCUT2D eigenvalue weighted by Crippen LogP contribution is -1.90. The van der Waals surface area contributed by atoms with Gasteiger partial charge in [0.25, 0.3) is 0 Å². The summed E-state index contributed by atoms with van der Waals surface area (Å²) in [6.45, 7) is 2.00. The van der Waals surface area contributed by atoms with Crippen LogP contribution in [0.3, 0.4) is 0 Å². The van der Waals surface area contributed by atoms with Crippen molar-refractivity contribution in [1.82, 2.24) is 14.4 Å². The molecule has 8 heteroatoms. The van der Waals surface area contributed by atoms with Crippen molar-refractivity contribution in [1.29, 1.82) is 0 Å². The van der Waals surface area contributed by atoms with Gasteiger partial charge in [0, 0.05) is 22.6 Å². The van der Waals surface area contributed by atoms with E-state index in [1.807, 2.05) is 36.0 Å². The minimum absolute atomic E-state index is 0. The fourth-order valence-corrected chi connectivity index (χ4v) is 3.79. The monoisotopic (exact) mass is 408 g/mol. The largest absolute Gasteiger partial charge is 0.508 e. The Balaban J connectivity index is 0.00000156. The molecule has 5 nitrogen and oxygen atoms in total. The molecule has 0 fully saturated rings. The van der Waals surface area contributed by atoms with Gasteiger partial charge in [0.15, 0.2) is 10.1 Å². The number of aromatic nitrogens is 3. The summed E-state index contributed by atoms with van der Waals surface area (Å²) < 4.78 is 2.07. The van der Waals surface area contributed by atoms with E-state index in [0.29, 0.717) is 0 Å². The number of phenols is 1. The Kier molecular flexibility index (Phi) is 4.38. The maximum atomic E-state index is 9.31. The van der Waals surface area contributed by atoms with E-state index < -0.39 is 0 Å². The van der Waals surface area contributed by atoms with Crippen LogP contribution in [0.2, 0.25) is 0 Å². The number of nitrogens with zero attached hydrogens (tertiary/aromatic N) is 3. The third-order valence-electron chi connectivity index (χ3n) is 3.30. The van der Waals surface area contributed by atoms with Gasteiger partial charge < -0.3 is 10.4 Å². The number of thiazole rings is 2. The van der Waals surface area contributed by atoms with Gasteiger partial charge in [0.2, 0.25) is 0 Å².